The highest BCUT2D eigenvalue weighted by Gasteiger charge is 2.40. The first kappa shape index (κ1) is 41.7. The highest BCUT2D eigenvalue weighted by molar-refractivity contribution is 5.99. The van der Waals surface area contributed by atoms with Crippen LogP contribution in [-0.4, -0.2) is 120 Å². The average molecular weight is 751 g/mol. The number of alkyl halides is 6. The van der Waals surface area contributed by atoms with Crippen LogP contribution in [0.15, 0.2) is 24.3 Å². The number of benzene rings is 2. The monoisotopic (exact) mass is 750 g/mol. The molecule has 2 aliphatic carbocycles. The van der Waals surface area contributed by atoms with Crippen LogP contribution in [0.3, 0.4) is 0 Å². The number of nitrogens with two attached hydrogens (primary N) is 1. The van der Waals surface area contributed by atoms with Crippen molar-refractivity contribution in [1.29, 1.82) is 0 Å². The zero-order valence-electron chi connectivity index (χ0n) is 29.7. The number of halogens is 6. The Kier molecular flexibility index (Phi) is 13.8. The molecule has 0 heterocycles. The Hall–Kier alpha value is -4.72. The van der Waals surface area contributed by atoms with E-state index in [0.717, 1.165) is 31.7 Å². The third-order valence-electron chi connectivity index (χ3n) is 7.64. The number of likely N-dealkylation sites (N-methyl/N-ethyl adjacent to an activating group) is 4. The van der Waals surface area contributed by atoms with Crippen molar-refractivity contribution >= 4 is 45.9 Å². The summed E-state index contributed by atoms with van der Waals surface area (Å²) in [4.78, 5) is 40.5. The summed E-state index contributed by atoms with van der Waals surface area (Å²) >= 11 is 0. The molecule has 2 amide bonds. The zero-order valence-corrected chi connectivity index (χ0v) is 29.7. The Bertz CT molecular complexity index is 1580. The smallest absolute Gasteiger partial charge is 0.471 e. The molecule has 0 bridgehead atoms. The van der Waals surface area contributed by atoms with Gasteiger partial charge in [-0.3, -0.25) is 19.7 Å². The van der Waals surface area contributed by atoms with Crippen molar-refractivity contribution in [3.63, 3.8) is 0 Å². The third kappa shape index (κ3) is 12.8. The molecule has 2 aromatic rings. The van der Waals surface area contributed by atoms with Gasteiger partial charge in [0.15, 0.2) is 5.75 Å². The van der Waals surface area contributed by atoms with Crippen molar-refractivity contribution in [3.8, 4) is 11.5 Å². The largest absolute Gasteiger partial charge is 0.488 e. The molecule has 0 unspecified atom stereocenters. The summed E-state index contributed by atoms with van der Waals surface area (Å²) in [7, 11) is 10.8. The first-order valence-electron chi connectivity index (χ1n) is 16.1. The van der Waals surface area contributed by atoms with Gasteiger partial charge in [0.25, 0.3) is 0 Å². The molecular weight excluding hydrogens is 706 g/mol. The lowest BCUT2D eigenvalue weighted by Gasteiger charge is -2.26. The van der Waals surface area contributed by atoms with E-state index in [-0.39, 0.29) is 40.7 Å². The second kappa shape index (κ2) is 17.2. The molecule has 4 rings (SSSR count). The number of carbonyl (C=O) groups is 2. The number of rotatable bonds is 15. The molecule has 4 N–H and O–H groups in total. The van der Waals surface area contributed by atoms with Gasteiger partial charge >= 0.3 is 29.9 Å². The molecule has 2 fully saturated rings. The van der Waals surface area contributed by atoms with Crippen molar-refractivity contribution in [3.05, 3.63) is 34.4 Å². The van der Waals surface area contributed by atoms with E-state index >= 15 is 0 Å². The van der Waals surface area contributed by atoms with Gasteiger partial charge in [0, 0.05) is 58.5 Å². The number of amides is 2. The normalized spacial score (nSPS) is 14.3. The lowest BCUT2D eigenvalue weighted by Crippen LogP contribution is -2.32. The Morgan fingerprint density at radius 3 is 1.48 bits per heavy atom. The molecule has 0 atom stereocenters. The van der Waals surface area contributed by atoms with Crippen molar-refractivity contribution < 1.29 is 50.3 Å². The molecule has 0 aliphatic heterocycles. The molecule has 2 aromatic carbocycles. The number of nitro benzene ring substituents is 1. The average Bonchev–Trinajstić information content (AvgIpc) is 3.97. The molecule has 0 aromatic heterocycles. The molecular formula is C32H44F6N8O6. The van der Waals surface area contributed by atoms with Crippen molar-refractivity contribution in [2.45, 2.75) is 50.2 Å². The maximum atomic E-state index is 12.6. The molecule has 20 heteroatoms. The van der Waals surface area contributed by atoms with Crippen LogP contribution in [0.25, 0.3) is 0 Å². The molecule has 0 radical (unpaired) electrons. The minimum Gasteiger partial charge on any atom is -0.488 e. The zero-order chi connectivity index (χ0) is 39.1. The van der Waals surface area contributed by atoms with E-state index in [2.05, 4.69) is 0 Å². The fourth-order valence-electron chi connectivity index (χ4n) is 4.37. The summed E-state index contributed by atoms with van der Waals surface area (Å²) < 4.78 is 87.0. The van der Waals surface area contributed by atoms with Gasteiger partial charge in [-0.2, -0.15) is 26.3 Å². The summed E-state index contributed by atoms with van der Waals surface area (Å²) in [5.74, 6) is -3.85. The van der Waals surface area contributed by atoms with Crippen LogP contribution >= 0.6 is 0 Å². The van der Waals surface area contributed by atoms with Crippen molar-refractivity contribution in [2.24, 2.45) is 0 Å². The Labute approximate surface area is 296 Å². The lowest BCUT2D eigenvalue weighted by molar-refractivity contribution is -0.385. The van der Waals surface area contributed by atoms with Crippen LogP contribution in [0.5, 0.6) is 11.5 Å². The first-order chi connectivity index (χ1) is 24.1. The van der Waals surface area contributed by atoms with Crippen molar-refractivity contribution in [1.82, 2.24) is 9.80 Å². The van der Waals surface area contributed by atoms with Crippen LogP contribution in [0.2, 0.25) is 0 Å². The summed E-state index contributed by atoms with van der Waals surface area (Å²) in [6.07, 6.45) is -6.76. The molecule has 2 aliphatic rings. The SMILES string of the molecule is CN(C)CCN(C)c1cc(OC2CC2)c(N)cc1NC(=O)C(F)(F)F.CN(C)CCN(C)c1cc(OC2CC2)c([N+](=O)[O-])cc1NC(=O)C(F)(F)F. The number of nitrogens with zero attached hydrogens (tertiary/aromatic N) is 5. The Balaban J connectivity index is 0.000000281. The van der Waals surface area contributed by atoms with E-state index in [0.29, 0.717) is 37.6 Å². The maximum absolute atomic E-state index is 12.6. The predicted molar refractivity (Wildman–Crippen MR) is 184 cm³/mol. The highest BCUT2D eigenvalue weighted by atomic mass is 19.4. The van der Waals surface area contributed by atoms with E-state index < -0.39 is 34.8 Å². The first-order valence-corrected chi connectivity index (χ1v) is 16.1. The second-order valence-corrected chi connectivity index (χ2v) is 13.0. The van der Waals surface area contributed by atoms with Gasteiger partial charge in [-0.05, 0) is 59.9 Å². The number of ether oxygens (including phenoxy) is 2. The topological polar surface area (TPSA) is 159 Å². The molecule has 0 saturated heterocycles. The van der Waals surface area contributed by atoms with Crippen LogP contribution in [0, 0.1) is 10.1 Å². The Morgan fingerprint density at radius 1 is 0.731 bits per heavy atom. The highest BCUT2D eigenvalue weighted by Crippen LogP contribution is 2.42. The number of hydrogen-bond donors (Lipinski definition) is 3. The standard InChI is InChI=1S/C16H21F3N4O4.C16H23F3N4O2/c1-21(2)6-7-22(3)12-9-14(27-10-4-5-10)13(23(25)26)8-11(12)20-15(24)16(17,18)19;1-22(2)6-7-23(3)13-9-14(25-10-4-5-10)11(20)8-12(13)21-15(24)16(17,18)19/h8-10H,4-7H2,1-3H3,(H,20,24);8-10H,4-7,20H2,1-3H3,(H,21,24). The molecule has 0 spiro atoms. The molecule has 2 saturated carbocycles. The molecule has 290 valence electrons. The number of nitrogen functional groups attached to an aromatic ring is 1. The number of nitrogens with one attached hydrogen (secondary N) is 2. The number of carbonyl (C=O) groups excluding carboxylic acids is 2. The van der Waals surface area contributed by atoms with Gasteiger partial charge in [-0.25, -0.2) is 0 Å². The number of nitro groups is 1. The van der Waals surface area contributed by atoms with E-state index in [1.807, 2.05) is 43.3 Å². The number of hydrogen-bond acceptors (Lipinski definition) is 11. The van der Waals surface area contributed by atoms with Crippen molar-refractivity contribution in [2.75, 3.05) is 94.6 Å². The van der Waals surface area contributed by atoms with Gasteiger partial charge < -0.3 is 45.4 Å². The quantitative estimate of drug-likeness (QED) is 0.0980. The summed E-state index contributed by atoms with van der Waals surface area (Å²) in [6.45, 7) is 2.24. The van der Waals surface area contributed by atoms with Gasteiger partial charge in [0.05, 0.1) is 45.6 Å². The van der Waals surface area contributed by atoms with Crippen LogP contribution in [0.1, 0.15) is 25.7 Å². The maximum Gasteiger partial charge on any atom is 0.471 e. The number of anilines is 5. The summed E-state index contributed by atoms with van der Waals surface area (Å²) in [5.41, 5.74) is 5.91. The lowest BCUT2D eigenvalue weighted by atomic mass is 10.2. The van der Waals surface area contributed by atoms with E-state index in [1.165, 1.54) is 12.1 Å². The van der Waals surface area contributed by atoms with Crippen LogP contribution < -0.4 is 35.6 Å². The van der Waals surface area contributed by atoms with Crippen LogP contribution in [0.4, 0.5) is 60.5 Å². The van der Waals surface area contributed by atoms with E-state index in [4.69, 9.17) is 15.2 Å². The van der Waals surface area contributed by atoms with E-state index in [1.54, 1.807) is 35.3 Å². The van der Waals surface area contributed by atoms with Crippen LogP contribution in [-0.2, 0) is 9.59 Å². The predicted octanol–water partition coefficient (Wildman–Crippen LogP) is 4.94. The minimum absolute atomic E-state index is 0.00391. The molecule has 52 heavy (non-hydrogen) atoms. The minimum atomic E-state index is -5.11. The van der Waals surface area contributed by atoms with E-state index in [9.17, 15) is 46.0 Å². The van der Waals surface area contributed by atoms with Gasteiger partial charge in [0.2, 0.25) is 0 Å². The Morgan fingerprint density at radius 2 is 1.12 bits per heavy atom. The van der Waals surface area contributed by atoms with Gasteiger partial charge in [0.1, 0.15) is 5.75 Å². The molecule has 14 nitrogen and oxygen atoms in total. The summed E-state index contributed by atoms with van der Waals surface area (Å²) in [5, 5.41) is 15.0. The second-order valence-electron chi connectivity index (χ2n) is 13.0. The summed E-state index contributed by atoms with van der Waals surface area (Å²) in [6, 6.07) is 5.10. The fraction of sp³-hybridized carbons (Fsp3) is 0.562. The fourth-order valence-corrected chi connectivity index (χ4v) is 4.37. The van der Waals surface area contributed by atoms with Gasteiger partial charge in [-0.1, -0.05) is 0 Å². The third-order valence-corrected chi connectivity index (χ3v) is 7.64. The van der Waals surface area contributed by atoms with Gasteiger partial charge in [-0.15, -0.1) is 0 Å².